The van der Waals surface area contributed by atoms with Crippen LogP contribution in [0.3, 0.4) is 0 Å². The van der Waals surface area contributed by atoms with Crippen molar-refractivity contribution < 1.29 is 19.5 Å². The predicted octanol–water partition coefficient (Wildman–Crippen LogP) is 1.99. The summed E-state index contributed by atoms with van der Waals surface area (Å²) in [6.45, 7) is 4.67. The quantitative estimate of drug-likeness (QED) is 0.584. The molecule has 0 bridgehead atoms. The molecule has 0 aliphatic rings. The first-order valence-electron chi connectivity index (χ1n) is 6.04. The molecule has 0 aliphatic heterocycles. The molecule has 0 aliphatic carbocycles. The van der Waals surface area contributed by atoms with E-state index in [0.29, 0.717) is 6.61 Å². The molecular weight excluding hydrogens is 218 g/mol. The van der Waals surface area contributed by atoms with Crippen LogP contribution < -0.4 is 9.57 Å². The number of carboxylic acids is 1. The molecular formula is C13H20NO3+. The van der Waals surface area contributed by atoms with E-state index in [1.54, 1.807) is 12.1 Å². The van der Waals surface area contributed by atoms with Crippen LogP contribution in [0.5, 0.6) is 0 Å². The number of hydrogen-bond acceptors (Lipinski definition) is 2. The summed E-state index contributed by atoms with van der Waals surface area (Å²) < 4.78 is 1.54. The maximum absolute atomic E-state index is 10.8. The number of nitrogens with zero attached hydrogens (tertiary/aromatic N) is 1. The zero-order chi connectivity index (χ0) is 12.7. The van der Waals surface area contributed by atoms with E-state index in [2.05, 4.69) is 6.92 Å². The first kappa shape index (κ1) is 13.5. The molecule has 1 heterocycles. The molecule has 0 saturated heterocycles. The van der Waals surface area contributed by atoms with E-state index in [9.17, 15) is 4.79 Å². The Labute approximate surface area is 102 Å². The monoisotopic (exact) mass is 238 g/mol. The zero-order valence-electron chi connectivity index (χ0n) is 10.5. The minimum Gasteiger partial charge on any atom is -0.477 e. The summed E-state index contributed by atoms with van der Waals surface area (Å²) in [7, 11) is 0. The van der Waals surface area contributed by atoms with E-state index in [4.69, 9.17) is 9.94 Å². The van der Waals surface area contributed by atoms with Gasteiger partial charge in [0.05, 0.1) is 0 Å². The zero-order valence-corrected chi connectivity index (χ0v) is 10.5. The number of carbonyl (C=O) groups is 1. The van der Waals surface area contributed by atoms with Gasteiger partial charge >= 0.3 is 5.97 Å². The van der Waals surface area contributed by atoms with Crippen LogP contribution in [0, 0.1) is 6.92 Å². The van der Waals surface area contributed by atoms with E-state index >= 15 is 0 Å². The van der Waals surface area contributed by atoms with Crippen LogP contribution in [0.2, 0.25) is 0 Å². The lowest BCUT2D eigenvalue weighted by molar-refractivity contribution is -0.895. The molecule has 1 aromatic rings. The van der Waals surface area contributed by atoms with E-state index in [1.807, 2.05) is 6.92 Å². The smallest absolute Gasteiger partial charge is 0.341 e. The molecule has 0 saturated carbocycles. The maximum Gasteiger partial charge on any atom is 0.341 e. The minimum absolute atomic E-state index is 0.240. The number of carboxylic acid groups (broad SMARTS) is 1. The standard InChI is InChI=1S/C13H19NO3/c1-3-4-5-6-9-17-14-10-12(13(15)16)8-7-11(14)2/h7-8,10H,3-6,9H2,1-2H3/p+1. The van der Waals surface area contributed by atoms with Gasteiger partial charge < -0.3 is 5.11 Å². The third-order valence-electron chi connectivity index (χ3n) is 2.58. The SMILES string of the molecule is CCCCCCO[n+]1cc(C(=O)O)ccc1C. The Morgan fingerprint density at radius 3 is 2.76 bits per heavy atom. The molecule has 0 aromatic carbocycles. The number of pyridine rings is 1. The topological polar surface area (TPSA) is 50.4 Å². The van der Waals surface area contributed by atoms with Gasteiger partial charge in [-0.05, 0) is 18.9 Å². The van der Waals surface area contributed by atoms with Crippen molar-refractivity contribution in [2.45, 2.75) is 39.5 Å². The summed E-state index contributed by atoms with van der Waals surface area (Å²) in [6.07, 6.45) is 6.06. The summed E-state index contributed by atoms with van der Waals surface area (Å²) in [5.74, 6) is -0.937. The highest BCUT2D eigenvalue weighted by Gasteiger charge is 2.13. The first-order valence-corrected chi connectivity index (χ1v) is 6.04. The summed E-state index contributed by atoms with van der Waals surface area (Å²) in [4.78, 5) is 16.3. The summed E-state index contributed by atoms with van der Waals surface area (Å²) in [5.41, 5.74) is 1.13. The number of aromatic nitrogens is 1. The summed E-state index contributed by atoms with van der Waals surface area (Å²) >= 11 is 0. The Morgan fingerprint density at radius 1 is 1.35 bits per heavy atom. The predicted molar refractivity (Wildman–Crippen MR) is 63.9 cm³/mol. The first-order chi connectivity index (χ1) is 8.15. The molecule has 0 unspecified atom stereocenters. The third kappa shape index (κ3) is 4.43. The molecule has 1 N–H and O–H groups in total. The van der Waals surface area contributed by atoms with Crippen molar-refractivity contribution in [1.29, 1.82) is 0 Å². The van der Waals surface area contributed by atoms with Crippen LogP contribution in [-0.4, -0.2) is 17.7 Å². The van der Waals surface area contributed by atoms with Crippen LogP contribution in [-0.2, 0) is 0 Å². The van der Waals surface area contributed by atoms with Gasteiger partial charge in [-0.1, -0.05) is 19.8 Å². The van der Waals surface area contributed by atoms with Crippen molar-refractivity contribution in [3.8, 4) is 0 Å². The molecule has 0 radical (unpaired) electrons. The van der Waals surface area contributed by atoms with E-state index < -0.39 is 5.97 Å². The van der Waals surface area contributed by atoms with Gasteiger partial charge in [0.25, 0.3) is 0 Å². The fraction of sp³-hybridized carbons (Fsp3) is 0.538. The molecule has 4 nitrogen and oxygen atoms in total. The normalized spacial score (nSPS) is 10.2. The van der Waals surface area contributed by atoms with Gasteiger partial charge in [0.15, 0.2) is 6.61 Å². The van der Waals surface area contributed by atoms with Crippen molar-refractivity contribution in [3.63, 3.8) is 0 Å². The fourth-order valence-electron chi connectivity index (χ4n) is 1.51. The van der Waals surface area contributed by atoms with Crippen LogP contribution in [0.4, 0.5) is 0 Å². The molecule has 1 rings (SSSR count). The van der Waals surface area contributed by atoms with Crippen LogP contribution in [0.25, 0.3) is 0 Å². The lowest BCUT2D eigenvalue weighted by atomic mass is 10.2. The molecule has 0 amide bonds. The van der Waals surface area contributed by atoms with Crippen molar-refractivity contribution in [2.24, 2.45) is 0 Å². The van der Waals surface area contributed by atoms with Crippen LogP contribution in [0.1, 0.15) is 48.7 Å². The molecule has 1 aromatic heterocycles. The van der Waals surface area contributed by atoms with Gasteiger partial charge in [-0.2, -0.15) is 0 Å². The van der Waals surface area contributed by atoms with Crippen LogP contribution in [0.15, 0.2) is 18.3 Å². The van der Waals surface area contributed by atoms with Crippen molar-refractivity contribution in [1.82, 2.24) is 0 Å². The molecule has 94 valence electrons. The molecule has 0 fully saturated rings. The van der Waals surface area contributed by atoms with Gasteiger partial charge in [-0.25, -0.2) is 4.79 Å². The van der Waals surface area contributed by atoms with Gasteiger partial charge in [0.1, 0.15) is 5.56 Å². The maximum atomic E-state index is 10.8. The van der Waals surface area contributed by atoms with Crippen molar-refractivity contribution in [2.75, 3.05) is 6.61 Å². The van der Waals surface area contributed by atoms with E-state index in [0.717, 1.165) is 18.5 Å². The van der Waals surface area contributed by atoms with Crippen molar-refractivity contribution in [3.05, 3.63) is 29.6 Å². The van der Waals surface area contributed by atoms with E-state index in [1.165, 1.54) is 23.8 Å². The molecule has 4 heteroatoms. The molecule has 17 heavy (non-hydrogen) atoms. The Kier molecular flexibility index (Phi) is 5.46. The lowest BCUT2D eigenvalue weighted by Gasteiger charge is -2.01. The van der Waals surface area contributed by atoms with Crippen molar-refractivity contribution >= 4 is 5.97 Å². The minimum atomic E-state index is -0.937. The Morgan fingerprint density at radius 2 is 2.12 bits per heavy atom. The van der Waals surface area contributed by atoms with Gasteiger partial charge in [0.2, 0.25) is 11.9 Å². The second kappa shape index (κ2) is 6.89. The lowest BCUT2D eigenvalue weighted by Crippen LogP contribution is -2.46. The second-order valence-electron chi connectivity index (χ2n) is 4.08. The molecule has 0 atom stereocenters. The average Bonchev–Trinajstić information content (AvgIpc) is 2.30. The fourth-order valence-corrected chi connectivity index (χ4v) is 1.51. The second-order valence-corrected chi connectivity index (χ2v) is 4.08. The number of aromatic carboxylic acids is 1. The number of aryl methyl sites for hydroxylation is 1. The highest BCUT2D eigenvalue weighted by molar-refractivity contribution is 5.86. The van der Waals surface area contributed by atoms with Gasteiger partial charge in [0, 0.05) is 17.7 Å². The third-order valence-corrected chi connectivity index (χ3v) is 2.58. The van der Waals surface area contributed by atoms with Gasteiger partial charge in [-0.15, -0.1) is 0 Å². The summed E-state index contributed by atoms with van der Waals surface area (Å²) in [5, 5.41) is 8.87. The van der Waals surface area contributed by atoms with Gasteiger partial charge in [-0.3, -0.25) is 4.84 Å². The highest BCUT2D eigenvalue weighted by Crippen LogP contribution is 1.99. The Bertz CT molecular complexity index is 377. The Balaban J connectivity index is 2.51. The molecule has 0 spiro atoms. The average molecular weight is 238 g/mol. The van der Waals surface area contributed by atoms with Crippen LogP contribution >= 0.6 is 0 Å². The summed E-state index contributed by atoms with van der Waals surface area (Å²) in [6, 6.07) is 3.32. The Hall–Kier alpha value is -1.58. The number of unbranched alkanes of at least 4 members (excludes halogenated alkanes) is 3. The largest absolute Gasteiger partial charge is 0.477 e. The number of hydrogen-bond donors (Lipinski definition) is 1. The van der Waals surface area contributed by atoms with E-state index in [-0.39, 0.29) is 5.56 Å². The highest BCUT2D eigenvalue weighted by atomic mass is 16.7. The number of rotatable bonds is 7.